The van der Waals surface area contributed by atoms with Gasteiger partial charge in [0.1, 0.15) is 0 Å². The van der Waals surface area contributed by atoms with Gasteiger partial charge in [-0.25, -0.2) is 0 Å². The summed E-state index contributed by atoms with van der Waals surface area (Å²) in [5.74, 6) is 0.462. The molecule has 20 heavy (non-hydrogen) atoms. The molecule has 0 fully saturated rings. The molecule has 6 heteroatoms. The lowest BCUT2D eigenvalue weighted by atomic mass is 10.1. The highest BCUT2D eigenvalue weighted by molar-refractivity contribution is 7.85. The van der Waals surface area contributed by atoms with Crippen LogP contribution in [0.15, 0.2) is 23.1 Å². The highest BCUT2D eigenvalue weighted by Gasteiger charge is 2.18. The molecule has 0 heterocycles. The summed E-state index contributed by atoms with van der Waals surface area (Å²) >= 11 is 11.9. The zero-order valence-corrected chi connectivity index (χ0v) is 14.4. The van der Waals surface area contributed by atoms with Gasteiger partial charge in [0.25, 0.3) is 0 Å². The van der Waals surface area contributed by atoms with E-state index < -0.39 is 16.4 Å². The second-order valence-electron chi connectivity index (χ2n) is 5.31. The molecule has 0 amide bonds. The van der Waals surface area contributed by atoms with E-state index in [0.717, 1.165) is 6.54 Å². The van der Waals surface area contributed by atoms with Gasteiger partial charge in [0.15, 0.2) is 0 Å². The Bertz CT molecular complexity index is 475. The van der Waals surface area contributed by atoms with E-state index >= 15 is 0 Å². The summed E-state index contributed by atoms with van der Waals surface area (Å²) in [6.45, 7) is 7.52. The normalized spacial score (nSPS) is 13.8. The van der Waals surface area contributed by atoms with E-state index in [-0.39, 0.29) is 0 Å². The van der Waals surface area contributed by atoms with Crippen LogP contribution in [0.3, 0.4) is 0 Å². The number of hydrogen-bond acceptors (Lipinski definition) is 3. The minimum atomic E-state index is -1.20. The predicted molar refractivity (Wildman–Crippen MR) is 86.1 cm³/mol. The molecule has 0 radical (unpaired) electrons. The van der Waals surface area contributed by atoms with Crippen molar-refractivity contribution in [3.63, 3.8) is 0 Å². The highest BCUT2D eigenvalue weighted by Crippen LogP contribution is 2.23. The third kappa shape index (κ3) is 6.10. The molecule has 1 aromatic rings. The van der Waals surface area contributed by atoms with Gasteiger partial charge in [-0.2, -0.15) is 0 Å². The molecular weight excluding hydrogens is 317 g/mol. The Kier molecular flexibility index (Phi) is 6.95. The van der Waals surface area contributed by atoms with E-state index in [1.165, 1.54) is 0 Å². The molecule has 0 aliphatic rings. The van der Waals surface area contributed by atoms with Crippen LogP contribution in [0.4, 0.5) is 0 Å². The Morgan fingerprint density at radius 1 is 1.35 bits per heavy atom. The quantitative estimate of drug-likeness (QED) is 0.830. The molecule has 1 N–H and O–H groups in total. The van der Waals surface area contributed by atoms with Gasteiger partial charge in [0.05, 0.1) is 26.3 Å². The Labute approximate surface area is 133 Å². The van der Waals surface area contributed by atoms with Gasteiger partial charge < -0.3 is 5.11 Å². The van der Waals surface area contributed by atoms with Crippen LogP contribution in [0, 0.1) is 0 Å². The van der Waals surface area contributed by atoms with Crippen LogP contribution < -0.4 is 0 Å². The van der Waals surface area contributed by atoms with Crippen molar-refractivity contribution in [1.29, 1.82) is 0 Å². The smallest absolute Gasteiger partial charge is 0.0718 e. The molecule has 0 aromatic heterocycles. The second-order valence-corrected chi connectivity index (χ2v) is 7.69. The largest absolute Gasteiger partial charge is 0.389 e. The van der Waals surface area contributed by atoms with Crippen molar-refractivity contribution in [2.24, 2.45) is 0 Å². The van der Waals surface area contributed by atoms with Crippen molar-refractivity contribution in [1.82, 2.24) is 4.90 Å². The summed E-state index contributed by atoms with van der Waals surface area (Å²) in [6.07, 6.45) is 0. The third-order valence-corrected chi connectivity index (χ3v) is 4.85. The fraction of sp³-hybridized carbons (Fsp3) is 0.571. The van der Waals surface area contributed by atoms with Gasteiger partial charge in [-0.3, -0.25) is 9.11 Å². The summed E-state index contributed by atoms with van der Waals surface area (Å²) in [5.41, 5.74) is -0.759. The first kappa shape index (κ1) is 17.9. The topological polar surface area (TPSA) is 40.5 Å². The Morgan fingerprint density at radius 3 is 2.55 bits per heavy atom. The van der Waals surface area contributed by atoms with Crippen molar-refractivity contribution in [2.45, 2.75) is 31.3 Å². The molecule has 0 saturated carbocycles. The summed E-state index contributed by atoms with van der Waals surface area (Å²) < 4.78 is 12.3. The molecule has 0 saturated heterocycles. The summed E-state index contributed by atoms with van der Waals surface area (Å²) in [6, 6.07) is 4.98. The summed E-state index contributed by atoms with van der Waals surface area (Å²) in [4.78, 5) is 2.63. The average Bonchev–Trinajstić information content (AvgIpc) is 2.35. The van der Waals surface area contributed by atoms with Crippen LogP contribution in [0.25, 0.3) is 0 Å². The molecule has 0 aliphatic heterocycles. The van der Waals surface area contributed by atoms with Gasteiger partial charge in [-0.15, -0.1) is 0 Å². The van der Waals surface area contributed by atoms with Crippen LogP contribution in [0.2, 0.25) is 10.0 Å². The lowest BCUT2D eigenvalue weighted by Gasteiger charge is -2.27. The minimum Gasteiger partial charge on any atom is -0.389 e. The van der Waals surface area contributed by atoms with Gasteiger partial charge in [0.2, 0.25) is 0 Å². The van der Waals surface area contributed by atoms with Crippen LogP contribution in [-0.4, -0.2) is 45.2 Å². The fourth-order valence-electron chi connectivity index (χ4n) is 1.87. The van der Waals surface area contributed by atoms with Gasteiger partial charge >= 0.3 is 0 Å². The number of hydrogen-bond donors (Lipinski definition) is 1. The van der Waals surface area contributed by atoms with E-state index in [1.807, 2.05) is 6.92 Å². The minimum absolute atomic E-state index is 0.462. The lowest BCUT2D eigenvalue weighted by Crippen LogP contribution is -2.40. The number of nitrogens with zero attached hydrogens (tertiary/aromatic N) is 1. The number of halogens is 2. The molecule has 0 aliphatic carbocycles. The lowest BCUT2D eigenvalue weighted by molar-refractivity contribution is 0.0399. The molecule has 1 atom stereocenters. The Hall–Kier alpha value is -0.130. The molecule has 114 valence electrons. The molecule has 0 spiro atoms. The van der Waals surface area contributed by atoms with Crippen molar-refractivity contribution in [2.75, 3.05) is 25.4 Å². The molecule has 3 nitrogen and oxygen atoms in total. The maximum atomic E-state index is 12.3. The molecule has 1 unspecified atom stereocenters. The van der Waals surface area contributed by atoms with E-state index in [2.05, 4.69) is 4.90 Å². The highest BCUT2D eigenvalue weighted by atomic mass is 35.5. The maximum Gasteiger partial charge on any atom is 0.0718 e. The number of aliphatic hydroxyl groups is 1. The van der Waals surface area contributed by atoms with Gasteiger partial charge in [-0.05, 0) is 38.6 Å². The predicted octanol–water partition coefficient (Wildman–Crippen LogP) is 3.19. The molecule has 1 rings (SSSR count). The first-order valence-corrected chi connectivity index (χ1v) is 8.58. The van der Waals surface area contributed by atoms with Crippen molar-refractivity contribution < 1.29 is 9.32 Å². The first-order chi connectivity index (χ1) is 9.23. The zero-order valence-electron chi connectivity index (χ0n) is 12.0. The molecule has 0 bridgehead atoms. The third-order valence-electron chi connectivity index (χ3n) is 2.79. The fourth-order valence-corrected chi connectivity index (χ4v) is 3.67. The van der Waals surface area contributed by atoms with Crippen molar-refractivity contribution >= 4 is 34.0 Å². The zero-order chi connectivity index (χ0) is 15.3. The monoisotopic (exact) mass is 337 g/mol. The van der Waals surface area contributed by atoms with Crippen molar-refractivity contribution in [3.8, 4) is 0 Å². The molecule has 1 aromatic carbocycles. The molecular formula is C14H21Cl2NO2S. The van der Waals surface area contributed by atoms with Gasteiger partial charge in [0, 0.05) is 23.9 Å². The van der Waals surface area contributed by atoms with Gasteiger partial charge in [-0.1, -0.05) is 30.1 Å². The summed E-state index contributed by atoms with van der Waals surface area (Å²) in [7, 11) is -1.20. The standard InChI is InChI=1S/C14H21Cl2NO2S/c1-4-17(10-14(2,3)18)7-8-20(19)13-9-11(15)5-6-12(13)16/h5-6,9,18H,4,7-8,10H2,1-3H3. The van der Waals surface area contributed by atoms with E-state index in [9.17, 15) is 9.32 Å². The second kappa shape index (κ2) is 7.76. The van der Waals surface area contributed by atoms with Crippen LogP contribution in [0.5, 0.6) is 0 Å². The van der Waals surface area contributed by atoms with E-state index in [0.29, 0.717) is 33.8 Å². The average molecular weight is 338 g/mol. The number of benzene rings is 1. The van der Waals surface area contributed by atoms with Crippen molar-refractivity contribution in [3.05, 3.63) is 28.2 Å². The first-order valence-electron chi connectivity index (χ1n) is 6.51. The number of rotatable bonds is 7. The van der Waals surface area contributed by atoms with Crippen LogP contribution in [-0.2, 0) is 10.8 Å². The van der Waals surface area contributed by atoms with E-state index in [4.69, 9.17) is 23.2 Å². The summed E-state index contributed by atoms with van der Waals surface area (Å²) in [5, 5.41) is 10.8. The Morgan fingerprint density at radius 2 is 2.00 bits per heavy atom. The maximum absolute atomic E-state index is 12.3. The van der Waals surface area contributed by atoms with E-state index in [1.54, 1.807) is 32.0 Å². The van der Waals surface area contributed by atoms with Crippen LogP contribution in [0.1, 0.15) is 20.8 Å². The number of likely N-dealkylation sites (N-methyl/N-ethyl adjacent to an activating group) is 1. The SMILES string of the molecule is CCN(CCS(=O)c1cc(Cl)ccc1Cl)CC(C)(C)O. The Balaban J connectivity index is 2.64. The van der Waals surface area contributed by atoms with Crippen LogP contribution >= 0.6 is 23.2 Å².